The van der Waals surface area contributed by atoms with E-state index >= 15 is 0 Å². The lowest BCUT2D eigenvalue weighted by Crippen LogP contribution is -2.49. The maximum absolute atomic E-state index is 12.9. The predicted octanol–water partition coefficient (Wildman–Crippen LogP) is 1.37. The van der Waals surface area contributed by atoms with Crippen LogP contribution in [0.25, 0.3) is 0 Å². The molecule has 6 nitrogen and oxygen atoms in total. The highest BCUT2D eigenvalue weighted by Gasteiger charge is 2.31. The first-order chi connectivity index (χ1) is 11.5. The quantitative estimate of drug-likeness (QED) is 0.861. The SMILES string of the molecule is Cc1nn(C(F)F)c(C)c1CC(=O)N1CCC(N2CCNCC2)C1.Cl. The summed E-state index contributed by atoms with van der Waals surface area (Å²) < 4.78 is 26.5. The van der Waals surface area contributed by atoms with Crippen molar-refractivity contribution in [2.45, 2.75) is 39.3 Å². The number of halogens is 3. The van der Waals surface area contributed by atoms with Crippen molar-refractivity contribution >= 4 is 18.3 Å². The Hall–Kier alpha value is -1.25. The van der Waals surface area contributed by atoms with Crippen molar-refractivity contribution in [3.63, 3.8) is 0 Å². The summed E-state index contributed by atoms with van der Waals surface area (Å²) in [6, 6.07) is 0.419. The molecule has 2 aliphatic heterocycles. The van der Waals surface area contributed by atoms with Gasteiger partial charge >= 0.3 is 6.55 Å². The molecule has 1 aromatic heterocycles. The monoisotopic (exact) mass is 377 g/mol. The first-order valence-corrected chi connectivity index (χ1v) is 8.52. The standard InChI is InChI=1S/C16H25F2N5O.ClH/c1-11-14(12(2)23(20-11)16(17)18)9-15(24)22-6-3-13(10-22)21-7-4-19-5-8-21;/h13,16,19H,3-10H2,1-2H3;1H. The Balaban J connectivity index is 0.00000225. The number of nitrogens with zero attached hydrogens (tertiary/aromatic N) is 4. The number of alkyl halides is 2. The van der Waals surface area contributed by atoms with Gasteiger partial charge in [0.15, 0.2) is 0 Å². The maximum Gasteiger partial charge on any atom is 0.333 e. The number of carbonyl (C=O) groups is 1. The van der Waals surface area contributed by atoms with Gasteiger partial charge in [-0.3, -0.25) is 9.69 Å². The van der Waals surface area contributed by atoms with E-state index in [1.807, 2.05) is 4.90 Å². The van der Waals surface area contributed by atoms with E-state index in [1.54, 1.807) is 13.8 Å². The zero-order valence-electron chi connectivity index (χ0n) is 14.7. The first-order valence-electron chi connectivity index (χ1n) is 8.52. The van der Waals surface area contributed by atoms with Gasteiger partial charge in [0, 0.05) is 56.6 Å². The second-order valence-electron chi connectivity index (χ2n) is 6.62. The summed E-state index contributed by atoms with van der Waals surface area (Å²) in [4.78, 5) is 16.9. The van der Waals surface area contributed by atoms with Crippen LogP contribution < -0.4 is 5.32 Å². The van der Waals surface area contributed by atoms with E-state index in [4.69, 9.17) is 0 Å². The lowest BCUT2D eigenvalue weighted by Gasteiger charge is -2.32. The molecule has 3 heterocycles. The van der Waals surface area contributed by atoms with E-state index < -0.39 is 6.55 Å². The van der Waals surface area contributed by atoms with Crippen LogP contribution >= 0.6 is 12.4 Å². The van der Waals surface area contributed by atoms with Crippen LogP contribution in [0.5, 0.6) is 0 Å². The van der Waals surface area contributed by atoms with Crippen molar-refractivity contribution in [2.75, 3.05) is 39.3 Å². The number of rotatable bonds is 4. The van der Waals surface area contributed by atoms with Crippen molar-refractivity contribution < 1.29 is 13.6 Å². The Bertz CT molecular complexity index is 604. The molecule has 0 aromatic carbocycles. The van der Waals surface area contributed by atoms with Gasteiger partial charge < -0.3 is 10.2 Å². The number of aryl methyl sites for hydroxylation is 1. The van der Waals surface area contributed by atoms with E-state index in [9.17, 15) is 13.6 Å². The fourth-order valence-corrected chi connectivity index (χ4v) is 3.72. The van der Waals surface area contributed by atoms with Gasteiger partial charge in [0.2, 0.25) is 5.91 Å². The third kappa shape index (κ3) is 4.30. The third-order valence-corrected chi connectivity index (χ3v) is 5.17. The lowest BCUT2D eigenvalue weighted by atomic mass is 10.1. The summed E-state index contributed by atoms with van der Waals surface area (Å²) in [7, 11) is 0. The molecule has 2 saturated heterocycles. The molecule has 1 unspecified atom stereocenters. The largest absolute Gasteiger partial charge is 0.341 e. The van der Waals surface area contributed by atoms with Crippen LogP contribution in [0.3, 0.4) is 0 Å². The number of nitrogens with one attached hydrogen (secondary N) is 1. The maximum atomic E-state index is 12.9. The predicted molar refractivity (Wildman–Crippen MR) is 93.3 cm³/mol. The third-order valence-electron chi connectivity index (χ3n) is 5.17. The van der Waals surface area contributed by atoms with E-state index in [-0.39, 0.29) is 24.7 Å². The molecule has 0 bridgehead atoms. The summed E-state index contributed by atoms with van der Waals surface area (Å²) in [5.41, 5.74) is 1.53. The van der Waals surface area contributed by atoms with Crippen molar-refractivity contribution in [2.24, 2.45) is 0 Å². The van der Waals surface area contributed by atoms with Gasteiger partial charge in [0.1, 0.15) is 0 Å². The van der Waals surface area contributed by atoms with Crippen LogP contribution in [0.4, 0.5) is 8.78 Å². The Morgan fingerprint density at radius 1 is 1.28 bits per heavy atom. The van der Waals surface area contributed by atoms with Gasteiger partial charge in [-0.25, -0.2) is 4.68 Å². The molecule has 9 heteroatoms. The molecule has 1 atom stereocenters. The smallest absolute Gasteiger partial charge is 0.333 e. The van der Waals surface area contributed by atoms with Crippen molar-refractivity contribution in [3.05, 3.63) is 17.0 Å². The Morgan fingerprint density at radius 3 is 2.56 bits per heavy atom. The van der Waals surface area contributed by atoms with Crippen LogP contribution in [0.15, 0.2) is 0 Å². The average Bonchev–Trinajstić information content (AvgIpc) is 3.16. The number of hydrogen-bond donors (Lipinski definition) is 1. The van der Waals surface area contributed by atoms with Crippen molar-refractivity contribution in [1.82, 2.24) is 24.9 Å². The molecule has 0 aliphatic carbocycles. The number of amides is 1. The van der Waals surface area contributed by atoms with Gasteiger partial charge in [-0.05, 0) is 20.3 Å². The molecule has 1 N–H and O–H groups in total. The zero-order chi connectivity index (χ0) is 17.3. The Kier molecular flexibility index (Phi) is 6.76. The minimum absolute atomic E-state index is 0. The van der Waals surface area contributed by atoms with Gasteiger partial charge in [0.05, 0.1) is 12.1 Å². The molecule has 0 saturated carbocycles. The van der Waals surface area contributed by atoms with Crippen LogP contribution in [-0.4, -0.2) is 70.8 Å². The number of carbonyl (C=O) groups excluding carboxylic acids is 1. The van der Waals surface area contributed by atoms with E-state index in [1.165, 1.54) is 0 Å². The van der Waals surface area contributed by atoms with Gasteiger partial charge in [0.25, 0.3) is 0 Å². The highest BCUT2D eigenvalue weighted by molar-refractivity contribution is 5.85. The van der Waals surface area contributed by atoms with Crippen LogP contribution in [-0.2, 0) is 11.2 Å². The first kappa shape index (κ1) is 20.1. The summed E-state index contributed by atoms with van der Waals surface area (Å²) in [6.45, 7) is 6.12. The number of aromatic nitrogens is 2. The number of likely N-dealkylation sites (tertiary alicyclic amines) is 1. The summed E-state index contributed by atoms with van der Waals surface area (Å²) in [5.74, 6) is 0.00708. The van der Waals surface area contributed by atoms with Crippen molar-refractivity contribution in [1.29, 1.82) is 0 Å². The fourth-order valence-electron chi connectivity index (χ4n) is 3.72. The minimum Gasteiger partial charge on any atom is -0.341 e. The van der Waals surface area contributed by atoms with Crippen LogP contribution in [0, 0.1) is 13.8 Å². The number of piperazine rings is 1. The van der Waals surface area contributed by atoms with Crippen LogP contribution in [0.1, 0.15) is 29.9 Å². The molecule has 0 radical (unpaired) electrons. The van der Waals surface area contributed by atoms with Crippen molar-refractivity contribution in [3.8, 4) is 0 Å². The fraction of sp³-hybridized carbons (Fsp3) is 0.750. The minimum atomic E-state index is -2.67. The molecule has 1 aromatic rings. The highest BCUT2D eigenvalue weighted by Crippen LogP contribution is 2.22. The molecule has 142 valence electrons. The molecule has 25 heavy (non-hydrogen) atoms. The molecule has 0 spiro atoms. The molecular weight excluding hydrogens is 352 g/mol. The summed E-state index contributed by atoms with van der Waals surface area (Å²) in [5, 5.41) is 7.19. The topological polar surface area (TPSA) is 53.4 Å². The van der Waals surface area contributed by atoms with Gasteiger partial charge in [-0.1, -0.05) is 0 Å². The van der Waals surface area contributed by atoms with E-state index in [0.29, 0.717) is 27.7 Å². The average molecular weight is 378 g/mol. The lowest BCUT2D eigenvalue weighted by molar-refractivity contribution is -0.129. The van der Waals surface area contributed by atoms with Gasteiger partial charge in [-0.15, -0.1) is 12.4 Å². The number of hydrogen-bond acceptors (Lipinski definition) is 4. The highest BCUT2D eigenvalue weighted by atomic mass is 35.5. The second kappa shape index (κ2) is 8.42. The molecular formula is C16H26ClF2N5O. The van der Waals surface area contributed by atoms with Gasteiger partial charge in [-0.2, -0.15) is 13.9 Å². The normalized spacial score (nSPS) is 21.6. The Morgan fingerprint density at radius 2 is 1.96 bits per heavy atom. The van der Waals surface area contributed by atoms with E-state index in [2.05, 4.69) is 15.3 Å². The second-order valence-corrected chi connectivity index (χ2v) is 6.62. The Labute approximate surface area is 152 Å². The molecule has 2 aliphatic rings. The molecule has 2 fully saturated rings. The molecule has 3 rings (SSSR count). The van der Waals surface area contributed by atoms with Crippen LogP contribution in [0.2, 0.25) is 0 Å². The molecule has 1 amide bonds. The van der Waals surface area contributed by atoms with E-state index in [0.717, 1.165) is 45.7 Å². The zero-order valence-corrected chi connectivity index (χ0v) is 15.5. The summed E-state index contributed by atoms with van der Waals surface area (Å²) in [6.07, 6.45) is 1.14. The summed E-state index contributed by atoms with van der Waals surface area (Å²) >= 11 is 0.